The summed E-state index contributed by atoms with van der Waals surface area (Å²) in [5.41, 5.74) is -0.184. The smallest absolute Gasteiger partial charge is 0.258 e. The van der Waals surface area contributed by atoms with E-state index in [0.717, 1.165) is 0 Å². The van der Waals surface area contributed by atoms with Crippen molar-refractivity contribution in [3.8, 4) is 0 Å². The summed E-state index contributed by atoms with van der Waals surface area (Å²) in [6.45, 7) is 0. The van der Waals surface area contributed by atoms with Crippen LogP contribution in [0.4, 0.5) is 14.5 Å². The number of benzene rings is 2. The van der Waals surface area contributed by atoms with Crippen LogP contribution in [-0.4, -0.2) is 5.91 Å². The van der Waals surface area contributed by atoms with E-state index >= 15 is 0 Å². The van der Waals surface area contributed by atoms with E-state index in [1.165, 1.54) is 30.3 Å². The normalized spacial score (nSPS) is 10.3. The van der Waals surface area contributed by atoms with Crippen molar-refractivity contribution in [2.45, 2.75) is 0 Å². The molecule has 0 fully saturated rings. The standard InChI is InChI=1S/C13H7Br2F2NO/c14-8-4-1-3-7(11(8)17)13(19)18-12-9(15)5-2-6-10(12)16/h1-6H,(H,18,19). The van der Waals surface area contributed by atoms with Crippen molar-refractivity contribution in [2.75, 3.05) is 5.32 Å². The van der Waals surface area contributed by atoms with Gasteiger partial charge in [0.15, 0.2) is 0 Å². The van der Waals surface area contributed by atoms with Crippen molar-refractivity contribution in [1.82, 2.24) is 0 Å². The number of carbonyl (C=O) groups is 1. The number of carbonyl (C=O) groups excluding carboxylic acids is 1. The quantitative estimate of drug-likeness (QED) is 0.788. The summed E-state index contributed by atoms with van der Waals surface area (Å²) in [5, 5.41) is 2.34. The van der Waals surface area contributed by atoms with Gasteiger partial charge in [-0.3, -0.25) is 4.79 Å². The van der Waals surface area contributed by atoms with Gasteiger partial charge in [-0.2, -0.15) is 0 Å². The molecule has 2 rings (SSSR count). The van der Waals surface area contributed by atoms with Crippen LogP contribution in [0.15, 0.2) is 45.3 Å². The average molecular weight is 391 g/mol. The third-order valence-electron chi connectivity index (χ3n) is 2.40. The van der Waals surface area contributed by atoms with Gasteiger partial charge in [-0.25, -0.2) is 8.78 Å². The van der Waals surface area contributed by atoms with Gasteiger partial charge < -0.3 is 5.32 Å². The minimum Gasteiger partial charge on any atom is -0.318 e. The predicted molar refractivity (Wildman–Crippen MR) is 76.2 cm³/mol. The summed E-state index contributed by atoms with van der Waals surface area (Å²) < 4.78 is 27.9. The number of hydrogen-bond acceptors (Lipinski definition) is 1. The van der Waals surface area contributed by atoms with Gasteiger partial charge >= 0.3 is 0 Å². The number of nitrogens with one attached hydrogen (secondary N) is 1. The fourth-order valence-electron chi connectivity index (χ4n) is 1.48. The molecule has 0 bridgehead atoms. The third kappa shape index (κ3) is 3.01. The third-order valence-corrected chi connectivity index (χ3v) is 3.67. The van der Waals surface area contributed by atoms with E-state index in [1.54, 1.807) is 6.07 Å². The zero-order valence-corrected chi connectivity index (χ0v) is 12.6. The molecule has 98 valence electrons. The lowest BCUT2D eigenvalue weighted by atomic mass is 10.2. The van der Waals surface area contributed by atoms with Crippen LogP contribution in [0.1, 0.15) is 10.4 Å². The molecule has 1 N–H and O–H groups in total. The molecule has 0 unspecified atom stereocenters. The van der Waals surface area contributed by atoms with Crippen LogP contribution in [0.25, 0.3) is 0 Å². The predicted octanol–water partition coefficient (Wildman–Crippen LogP) is 4.74. The molecule has 2 aromatic rings. The van der Waals surface area contributed by atoms with Crippen LogP contribution in [0.2, 0.25) is 0 Å². The second-order valence-electron chi connectivity index (χ2n) is 3.65. The van der Waals surface area contributed by atoms with Gasteiger partial charge in [0.1, 0.15) is 11.6 Å². The van der Waals surface area contributed by atoms with Gasteiger partial charge in [-0.05, 0) is 56.1 Å². The highest BCUT2D eigenvalue weighted by Gasteiger charge is 2.16. The van der Waals surface area contributed by atoms with Crippen molar-refractivity contribution in [3.05, 3.63) is 62.5 Å². The molecular formula is C13H7Br2F2NO. The molecule has 0 heterocycles. The van der Waals surface area contributed by atoms with E-state index in [-0.39, 0.29) is 15.7 Å². The van der Waals surface area contributed by atoms with E-state index in [1.807, 2.05) is 0 Å². The molecule has 0 saturated heterocycles. The van der Waals surface area contributed by atoms with Gasteiger partial charge in [-0.1, -0.05) is 12.1 Å². The first-order valence-electron chi connectivity index (χ1n) is 5.20. The van der Waals surface area contributed by atoms with Crippen molar-refractivity contribution >= 4 is 43.5 Å². The second kappa shape index (κ2) is 5.79. The molecule has 2 aromatic carbocycles. The van der Waals surface area contributed by atoms with Gasteiger partial charge in [0.05, 0.1) is 15.7 Å². The first kappa shape index (κ1) is 14.1. The minimum absolute atomic E-state index is 0.0214. The molecule has 19 heavy (non-hydrogen) atoms. The first-order chi connectivity index (χ1) is 9.00. The average Bonchev–Trinajstić information content (AvgIpc) is 2.37. The molecule has 1 amide bonds. The maximum Gasteiger partial charge on any atom is 0.258 e. The minimum atomic E-state index is -0.718. The van der Waals surface area contributed by atoms with Crippen LogP contribution in [0.5, 0.6) is 0 Å². The molecular weight excluding hydrogens is 384 g/mol. The molecule has 0 aliphatic heterocycles. The molecule has 0 aliphatic rings. The molecule has 0 aromatic heterocycles. The summed E-state index contributed by atoms with van der Waals surface area (Å²) in [6, 6.07) is 8.61. The Kier molecular flexibility index (Phi) is 4.31. The van der Waals surface area contributed by atoms with Crippen LogP contribution in [0, 0.1) is 11.6 Å². The maximum absolute atomic E-state index is 13.7. The number of halogens is 4. The summed E-state index contributed by atoms with van der Waals surface area (Å²) in [7, 11) is 0. The molecule has 2 nitrogen and oxygen atoms in total. The zero-order chi connectivity index (χ0) is 14.0. The van der Waals surface area contributed by atoms with Crippen LogP contribution in [-0.2, 0) is 0 Å². The zero-order valence-electron chi connectivity index (χ0n) is 9.38. The highest BCUT2D eigenvalue weighted by atomic mass is 79.9. The van der Waals surface area contributed by atoms with Crippen molar-refractivity contribution in [2.24, 2.45) is 0 Å². The Morgan fingerprint density at radius 2 is 1.63 bits per heavy atom. The molecule has 0 atom stereocenters. The highest BCUT2D eigenvalue weighted by molar-refractivity contribution is 9.10. The number of amides is 1. The van der Waals surface area contributed by atoms with E-state index < -0.39 is 17.5 Å². The Morgan fingerprint density at radius 3 is 2.32 bits per heavy atom. The van der Waals surface area contributed by atoms with Crippen molar-refractivity contribution < 1.29 is 13.6 Å². The number of para-hydroxylation sites is 1. The Morgan fingerprint density at radius 1 is 1.00 bits per heavy atom. The lowest BCUT2D eigenvalue weighted by Gasteiger charge is -2.09. The Balaban J connectivity index is 2.34. The lowest BCUT2D eigenvalue weighted by molar-refractivity contribution is 0.102. The Bertz CT molecular complexity index is 626. The van der Waals surface area contributed by atoms with Crippen LogP contribution in [0.3, 0.4) is 0 Å². The van der Waals surface area contributed by atoms with Crippen LogP contribution < -0.4 is 5.32 Å². The monoisotopic (exact) mass is 389 g/mol. The van der Waals surface area contributed by atoms with Crippen molar-refractivity contribution in [1.29, 1.82) is 0 Å². The van der Waals surface area contributed by atoms with Gasteiger partial charge in [0.25, 0.3) is 5.91 Å². The maximum atomic E-state index is 13.7. The lowest BCUT2D eigenvalue weighted by Crippen LogP contribution is -2.15. The second-order valence-corrected chi connectivity index (χ2v) is 5.36. The highest BCUT2D eigenvalue weighted by Crippen LogP contribution is 2.26. The summed E-state index contributed by atoms with van der Waals surface area (Å²) >= 11 is 6.11. The van der Waals surface area contributed by atoms with Gasteiger partial charge in [0, 0.05) is 4.47 Å². The van der Waals surface area contributed by atoms with E-state index in [2.05, 4.69) is 37.2 Å². The van der Waals surface area contributed by atoms with Crippen LogP contribution >= 0.6 is 31.9 Å². The van der Waals surface area contributed by atoms with Crippen molar-refractivity contribution in [3.63, 3.8) is 0 Å². The summed E-state index contributed by atoms with van der Waals surface area (Å²) in [5.74, 6) is -2.00. The largest absolute Gasteiger partial charge is 0.318 e. The van der Waals surface area contributed by atoms with Gasteiger partial charge in [0.2, 0.25) is 0 Å². The van der Waals surface area contributed by atoms with Gasteiger partial charge in [-0.15, -0.1) is 0 Å². The summed E-state index contributed by atoms with van der Waals surface area (Å²) in [6.07, 6.45) is 0. The fraction of sp³-hybridized carbons (Fsp3) is 0. The number of anilines is 1. The fourth-order valence-corrected chi connectivity index (χ4v) is 2.28. The summed E-state index contributed by atoms with van der Waals surface area (Å²) in [4.78, 5) is 11.9. The Labute approximate surface area is 125 Å². The molecule has 0 radical (unpaired) electrons. The van der Waals surface area contributed by atoms with E-state index in [9.17, 15) is 13.6 Å². The molecule has 6 heteroatoms. The number of hydrogen-bond donors (Lipinski definition) is 1. The Hall–Kier alpha value is -1.27. The molecule has 0 spiro atoms. The first-order valence-corrected chi connectivity index (χ1v) is 6.78. The molecule has 0 saturated carbocycles. The number of rotatable bonds is 2. The topological polar surface area (TPSA) is 29.1 Å². The SMILES string of the molecule is O=C(Nc1c(F)cccc1Br)c1cccc(Br)c1F. The van der Waals surface area contributed by atoms with E-state index in [4.69, 9.17) is 0 Å². The molecule has 0 aliphatic carbocycles. The van der Waals surface area contributed by atoms with E-state index in [0.29, 0.717) is 4.47 Å².